The molecule has 0 saturated carbocycles. The maximum Gasteiger partial charge on any atom is 0.347 e. The third-order valence-electron chi connectivity index (χ3n) is 3.32. The lowest BCUT2D eigenvalue weighted by Gasteiger charge is -2.23. The van der Waals surface area contributed by atoms with E-state index >= 15 is 0 Å². The van der Waals surface area contributed by atoms with Crippen molar-refractivity contribution in [1.82, 2.24) is 19.9 Å². The molecule has 2 rings (SSSR count). The van der Waals surface area contributed by atoms with Crippen LogP contribution in [0.15, 0.2) is 18.6 Å². The number of hydrogen-bond acceptors (Lipinski definition) is 7. The van der Waals surface area contributed by atoms with Crippen molar-refractivity contribution in [2.24, 2.45) is 0 Å². The molecule has 1 unspecified atom stereocenters. The van der Waals surface area contributed by atoms with Crippen molar-refractivity contribution in [2.45, 2.75) is 19.9 Å². The number of nitrogens with one attached hydrogen (secondary N) is 1. The lowest BCUT2D eigenvalue weighted by atomic mass is 10.2. The molecule has 9 heteroatoms. The van der Waals surface area contributed by atoms with Gasteiger partial charge in [-0.3, -0.25) is 9.69 Å². The molecule has 122 valence electrons. The minimum atomic E-state index is -1.05. The van der Waals surface area contributed by atoms with Gasteiger partial charge in [0.15, 0.2) is 5.13 Å². The number of aryl methyl sites for hydroxylation is 1. The van der Waals surface area contributed by atoms with Gasteiger partial charge in [-0.25, -0.2) is 19.7 Å². The zero-order valence-corrected chi connectivity index (χ0v) is 13.8. The lowest BCUT2D eigenvalue weighted by Crippen LogP contribution is -2.32. The molecular formula is C14H17N5O3S. The number of aromatic carboxylic acids is 1. The smallest absolute Gasteiger partial charge is 0.347 e. The summed E-state index contributed by atoms with van der Waals surface area (Å²) in [6, 6.07) is 1.74. The number of amides is 1. The van der Waals surface area contributed by atoms with Crippen molar-refractivity contribution in [3.05, 3.63) is 34.9 Å². The topological polar surface area (TPSA) is 108 Å². The van der Waals surface area contributed by atoms with Crippen molar-refractivity contribution in [3.63, 3.8) is 0 Å². The Bertz CT molecular complexity index is 704. The summed E-state index contributed by atoms with van der Waals surface area (Å²) in [4.78, 5) is 37.1. The van der Waals surface area contributed by atoms with E-state index in [4.69, 9.17) is 5.11 Å². The number of aromatic nitrogens is 3. The van der Waals surface area contributed by atoms with E-state index in [2.05, 4.69) is 20.3 Å². The zero-order chi connectivity index (χ0) is 17.0. The Labute approximate surface area is 137 Å². The molecule has 2 aromatic rings. The fourth-order valence-electron chi connectivity index (χ4n) is 1.94. The van der Waals surface area contributed by atoms with Crippen LogP contribution >= 0.6 is 11.3 Å². The van der Waals surface area contributed by atoms with Crippen LogP contribution in [0, 0.1) is 6.92 Å². The number of carbonyl (C=O) groups excluding carboxylic acids is 1. The lowest BCUT2D eigenvalue weighted by molar-refractivity contribution is -0.117. The summed E-state index contributed by atoms with van der Waals surface area (Å²) in [5.74, 6) is -1.31. The van der Waals surface area contributed by atoms with Gasteiger partial charge >= 0.3 is 5.97 Å². The normalized spacial score (nSPS) is 12.2. The van der Waals surface area contributed by atoms with Crippen LogP contribution in [0.4, 0.5) is 5.13 Å². The van der Waals surface area contributed by atoms with Gasteiger partial charge in [-0.05, 0) is 27.0 Å². The highest BCUT2D eigenvalue weighted by atomic mass is 32.1. The van der Waals surface area contributed by atoms with Gasteiger partial charge < -0.3 is 10.4 Å². The standard InChI is InChI=1S/C14H17N5O3S/c1-8-12(13(21)22)23-14(17-8)18-11(20)6-19(3)9(2)10-4-5-15-7-16-10/h4-5,7,9H,6H2,1-3H3,(H,21,22)(H,17,18,20). The predicted molar refractivity (Wildman–Crippen MR) is 85.5 cm³/mol. The maximum atomic E-state index is 12.1. The SMILES string of the molecule is Cc1nc(NC(=O)CN(C)C(C)c2ccncn2)sc1C(=O)O. The van der Waals surface area contributed by atoms with Gasteiger partial charge in [-0.1, -0.05) is 11.3 Å². The zero-order valence-electron chi connectivity index (χ0n) is 13.0. The van der Waals surface area contributed by atoms with Gasteiger partial charge in [-0.2, -0.15) is 0 Å². The van der Waals surface area contributed by atoms with Gasteiger partial charge in [0.25, 0.3) is 0 Å². The molecule has 0 aliphatic heterocycles. The summed E-state index contributed by atoms with van der Waals surface area (Å²) in [6.07, 6.45) is 3.12. The van der Waals surface area contributed by atoms with E-state index in [1.807, 2.05) is 18.9 Å². The van der Waals surface area contributed by atoms with Crippen molar-refractivity contribution in [1.29, 1.82) is 0 Å². The second-order valence-electron chi connectivity index (χ2n) is 5.01. The number of rotatable bonds is 6. The number of nitrogens with zero attached hydrogens (tertiary/aromatic N) is 4. The third kappa shape index (κ3) is 4.30. The van der Waals surface area contributed by atoms with Gasteiger partial charge in [0, 0.05) is 12.2 Å². The minimum Gasteiger partial charge on any atom is -0.477 e. The predicted octanol–water partition coefficient (Wildman–Crippen LogP) is 1.57. The molecule has 0 bridgehead atoms. The fraction of sp³-hybridized carbons (Fsp3) is 0.357. The molecular weight excluding hydrogens is 318 g/mol. The average molecular weight is 335 g/mol. The third-order valence-corrected chi connectivity index (χ3v) is 4.39. The molecule has 2 aromatic heterocycles. The molecule has 0 radical (unpaired) electrons. The van der Waals surface area contributed by atoms with Gasteiger partial charge in [0.2, 0.25) is 5.91 Å². The van der Waals surface area contributed by atoms with Crippen molar-refractivity contribution in [2.75, 3.05) is 18.9 Å². The van der Waals surface area contributed by atoms with Gasteiger partial charge in [0.05, 0.1) is 17.9 Å². The van der Waals surface area contributed by atoms with Crippen LogP contribution in [0.25, 0.3) is 0 Å². The van der Waals surface area contributed by atoms with Crippen LogP contribution in [0.5, 0.6) is 0 Å². The van der Waals surface area contributed by atoms with Crippen molar-refractivity contribution < 1.29 is 14.7 Å². The molecule has 1 atom stereocenters. The number of carboxylic acid groups (broad SMARTS) is 1. The molecule has 1 amide bonds. The van der Waals surface area contributed by atoms with E-state index in [9.17, 15) is 9.59 Å². The van der Waals surface area contributed by atoms with Crippen LogP contribution in [0.3, 0.4) is 0 Å². The van der Waals surface area contributed by atoms with Gasteiger partial charge in [0.1, 0.15) is 11.2 Å². The number of likely N-dealkylation sites (N-methyl/N-ethyl adjacent to an activating group) is 1. The molecule has 2 heterocycles. The van der Waals surface area contributed by atoms with Crippen LogP contribution in [-0.2, 0) is 4.79 Å². The monoisotopic (exact) mass is 335 g/mol. The molecule has 2 N–H and O–H groups in total. The average Bonchev–Trinajstić information content (AvgIpc) is 2.87. The van der Waals surface area contributed by atoms with Crippen molar-refractivity contribution >= 4 is 28.3 Å². The van der Waals surface area contributed by atoms with E-state index in [0.717, 1.165) is 17.0 Å². The second-order valence-corrected chi connectivity index (χ2v) is 6.01. The van der Waals surface area contributed by atoms with E-state index in [1.165, 1.54) is 6.33 Å². The first-order chi connectivity index (χ1) is 10.9. The highest BCUT2D eigenvalue weighted by Gasteiger charge is 2.18. The summed E-state index contributed by atoms with van der Waals surface area (Å²) in [6.45, 7) is 3.66. The Morgan fingerprint density at radius 1 is 1.48 bits per heavy atom. The molecule has 0 aromatic carbocycles. The second kappa shape index (κ2) is 7.25. The Morgan fingerprint density at radius 2 is 2.22 bits per heavy atom. The molecule has 0 aliphatic carbocycles. The molecule has 23 heavy (non-hydrogen) atoms. The van der Waals surface area contributed by atoms with E-state index in [-0.39, 0.29) is 28.5 Å². The number of carboxylic acids is 1. The van der Waals surface area contributed by atoms with E-state index < -0.39 is 5.97 Å². The fourth-order valence-corrected chi connectivity index (χ4v) is 2.77. The Kier molecular flexibility index (Phi) is 5.35. The maximum absolute atomic E-state index is 12.1. The Morgan fingerprint density at radius 3 is 2.78 bits per heavy atom. The first-order valence-electron chi connectivity index (χ1n) is 6.85. The van der Waals surface area contributed by atoms with E-state index in [1.54, 1.807) is 19.2 Å². The summed E-state index contributed by atoms with van der Waals surface area (Å²) in [5, 5.41) is 11.9. The molecule has 0 spiro atoms. The molecule has 0 aliphatic rings. The number of carbonyl (C=O) groups is 2. The Balaban J connectivity index is 1.96. The molecule has 8 nitrogen and oxygen atoms in total. The largest absolute Gasteiger partial charge is 0.477 e. The van der Waals surface area contributed by atoms with Gasteiger partial charge in [-0.15, -0.1) is 0 Å². The molecule has 0 fully saturated rings. The molecule has 0 saturated heterocycles. The van der Waals surface area contributed by atoms with Crippen LogP contribution in [0.2, 0.25) is 0 Å². The summed E-state index contributed by atoms with van der Waals surface area (Å²) in [7, 11) is 1.81. The first-order valence-corrected chi connectivity index (χ1v) is 7.67. The number of hydrogen-bond donors (Lipinski definition) is 2. The quantitative estimate of drug-likeness (QED) is 0.825. The Hall–Kier alpha value is -2.39. The number of thiazole rings is 1. The van der Waals surface area contributed by atoms with Crippen LogP contribution in [-0.4, -0.2) is 50.4 Å². The number of anilines is 1. The summed E-state index contributed by atoms with van der Waals surface area (Å²) >= 11 is 0.946. The first kappa shape index (κ1) is 17.0. The van der Waals surface area contributed by atoms with Crippen LogP contribution in [0.1, 0.15) is 34.0 Å². The van der Waals surface area contributed by atoms with E-state index in [0.29, 0.717) is 5.69 Å². The van der Waals surface area contributed by atoms with Crippen LogP contribution < -0.4 is 5.32 Å². The summed E-state index contributed by atoms with van der Waals surface area (Å²) < 4.78 is 0. The minimum absolute atomic E-state index is 0.0589. The summed E-state index contributed by atoms with van der Waals surface area (Å²) in [5.41, 5.74) is 1.20. The highest BCUT2D eigenvalue weighted by Crippen LogP contribution is 2.22. The van der Waals surface area contributed by atoms with Crippen molar-refractivity contribution in [3.8, 4) is 0 Å². The highest BCUT2D eigenvalue weighted by molar-refractivity contribution is 7.17.